The molecule has 3 rings (SSSR count). The molecule has 0 N–H and O–H groups in total. The molecule has 4 nitrogen and oxygen atoms in total. The number of carbonyl (C=O) groups excluding carboxylic acids is 1. The van der Waals surface area contributed by atoms with Crippen molar-refractivity contribution in [3.63, 3.8) is 0 Å². The quantitative estimate of drug-likeness (QED) is 0.675. The number of carbonyl (C=O) groups is 1. The van der Waals surface area contributed by atoms with E-state index in [1.807, 2.05) is 44.2 Å². The molecule has 0 unspecified atom stereocenters. The van der Waals surface area contributed by atoms with E-state index < -0.39 is 0 Å². The lowest BCUT2D eigenvalue weighted by Crippen LogP contribution is -2.14. The number of nitrogens with zero attached hydrogens (tertiary/aromatic N) is 3. The molecule has 2 aromatic heterocycles. The molecule has 5 heteroatoms. The average molecular weight is 344 g/mol. The predicted octanol–water partition coefficient (Wildman–Crippen LogP) is 4.01. The van der Waals surface area contributed by atoms with Crippen LogP contribution in [0.3, 0.4) is 0 Å². The zero-order valence-electron chi connectivity index (χ0n) is 11.7. The topological polar surface area (TPSA) is 47.8 Å². The highest BCUT2D eigenvalue weighted by Crippen LogP contribution is 2.25. The van der Waals surface area contributed by atoms with E-state index in [4.69, 9.17) is 0 Å². The molecule has 0 aliphatic heterocycles. The van der Waals surface area contributed by atoms with Gasteiger partial charge in [-0.25, -0.2) is 0 Å². The lowest BCUT2D eigenvalue weighted by Gasteiger charge is -2.11. The van der Waals surface area contributed by atoms with Crippen molar-refractivity contribution in [3.8, 4) is 0 Å². The molecule has 3 aromatic rings. The van der Waals surface area contributed by atoms with E-state index in [1.165, 1.54) is 0 Å². The van der Waals surface area contributed by atoms with Crippen molar-refractivity contribution in [1.29, 1.82) is 0 Å². The summed E-state index contributed by atoms with van der Waals surface area (Å²) in [7, 11) is 0. The van der Waals surface area contributed by atoms with E-state index in [9.17, 15) is 4.79 Å². The van der Waals surface area contributed by atoms with Crippen LogP contribution in [0.15, 0.2) is 47.2 Å². The minimum Gasteiger partial charge on any atom is -0.287 e. The fraction of sp³-hybridized carbons (Fsp3) is 0.188. The lowest BCUT2D eigenvalue weighted by molar-refractivity contribution is 0.102. The summed E-state index contributed by atoms with van der Waals surface area (Å²) < 4.78 is 2.45. The molecule has 0 spiro atoms. The third-order valence-corrected chi connectivity index (χ3v) is 3.93. The van der Waals surface area contributed by atoms with Gasteiger partial charge in [-0.15, -0.1) is 0 Å². The Labute approximate surface area is 130 Å². The van der Waals surface area contributed by atoms with Gasteiger partial charge in [-0.05, 0) is 41.9 Å². The van der Waals surface area contributed by atoms with E-state index in [2.05, 4.69) is 26.0 Å². The van der Waals surface area contributed by atoms with E-state index >= 15 is 0 Å². The number of halogens is 1. The first-order valence-electron chi connectivity index (χ1n) is 6.71. The Hall–Kier alpha value is -2.01. The number of fused-ring (bicyclic) bond motifs is 1. The highest BCUT2D eigenvalue weighted by atomic mass is 79.9. The van der Waals surface area contributed by atoms with Crippen molar-refractivity contribution in [2.75, 3.05) is 0 Å². The van der Waals surface area contributed by atoms with Crippen LogP contribution in [0, 0.1) is 0 Å². The van der Waals surface area contributed by atoms with Crippen molar-refractivity contribution in [2.45, 2.75) is 19.9 Å². The van der Waals surface area contributed by atoms with Crippen LogP contribution in [0.2, 0.25) is 0 Å². The van der Waals surface area contributed by atoms with Gasteiger partial charge in [0.05, 0.1) is 16.2 Å². The van der Waals surface area contributed by atoms with Gasteiger partial charge in [0, 0.05) is 23.2 Å². The molecular weight excluding hydrogens is 330 g/mol. The van der Waals surface area contributed by atoms with Crippen molar-refractivity contribution in [2.24, 2.45) is 0 Å². The second kappa shape index (κ2) is 5.41. The zero-order chi connectivity index (χ0) is 15.0. The number of pyridine rings is 1. The molecule has 0 aliphatic carbocycles. The summed E-state index contributed by atoms with van der Waals surface area (Å²) >= 11 is 3.43. The molecule has 0 saturated carbocycles. The number of benzene rings is 1. The predicted molar refractivity (Wildman–Crippen MR) is 85.5 cm³/mol. The van der Waals surface area contributed by atoms with Crippen LogP contribution in [-0.2, 0) is 0 Å². The highest BCUT2D eigenvalue weighted by Gasteiger charge is 2.21. The van der Waals surface area contributed by atoms with Gasteiger partial charge in [-0.2, -0.15) is 5.10 Å². The number of aromatic nitrogens is 3. The minimum absolute atomic E-state index is 0.0494. The number of hydrogen-bond acceptors (Lipinski definition) is 3. The van der Waals surface area contributed by atoms with Crippen molar-refractivity contribution < 1.29 is 4.79 Å². The second-order valence-corrected chi connectivity index (χ2v) is 5.94. The second-order valence-electron chi connectivity index (χ2n) is 5.08. The van der Waals surface area contributed by atoms with Crippen molar-refractivity contribution in [3.05, 3.63) is 58.5 Å². The Morgan fingerprint density at radius 1 is 1.24 bits per heavy atom. The largest absolute Gasteiger partial charge is 0.287 e. The molecule has 0 bridgehead atoms. The fourth-order valence-corrected chi connectivity index (χ4v) is 2.83. The smallest absolute Gasteiger partial charge is 0.212 e. The standard InChI is InChI=1S/C16H14BrN3O/c1-10(2)20-15(13(17)9-19-20)16(21)12-5-3-7-14-11(12)6-4-8-18-14/h3-10H,1-2H3. The van der Waals surface area contributed by atoms with Crippen LogP contribution in [0.5, 0.6) is 0 Å². The first kappa shape index (κ1) is 13.9. The monoisotopic (exact) mass is 343 g/mol. The van der Waals surface area contributed by atoms with Crippen molar-refractivity contribution in [1.82, 2.24) is 14.8 Å². The van der Waals surface area contributed by atoms with Gasteiger partial charge in [0.2, 0.25) is 5.78 Å². The fourth-order valence-electron chi connectivity index (χ4n) is 2.37. The average Bonchev–Trinajstić information content (AvgIpc) is 2.88. The first-order valence-corrected chi connectivity index (χ1v) is 7.50. The molecule has 0 amide bonds. The summed E-state index contributed by atoms with van der Waals surface area (Å²) in [6, 6.07) is 9.46. The van der Waals surface area contributed by atoms with Gasteiger partial charge in [0.1, 0.15) is 5.69 Å². The van der Waals surface area contributed by atoms with Crippen molar-refractivity contribution >= 4 is 32.6 Å². The van der Waals surface area contributed by atoms with Gasteiger partial charge < -0.3 is 0 Å². The van der Waals surface area contributed by atoms with Gasteiger partial charge in [-0.3, -0.25) is 14.5 Å². The van der Waals surface area contributed by atoms with E-state index in [0.29, 0.717) is 15.7 Å². The highest BCUT2D eigenvalue weighted by molar-refractivity contribution is 9.10. The zero-order valence-corrected chi connectivity index (χ0v) is 13.3. The van der Waals surface area contributed by atoms with Crippen LogP contribution >= 0.6 is 15.9 Å². The SMILES string of the molecule is CC(C)n1ncc(Br)c1C(=O)c1cccc2ncccc12. The number of ketones is 1. The molecule has 1 aromatic carbocycles. The van der Waals surface area contributed by atoms with E-state index in [-0.39, 0.29) is 11.8 Å². The molecule has 0 atom stereocenters. The van der Waals surface area contributed by atoms with Crippen LogP contribution < -0.4 is 0 Å². The maximum Gasteiger partial charge on any atom is 0.212 e. The van der Waals surface area contributed by atoms with E-state index in [1.54, 1.807) is 17.1 Å². The summed E-state index contributed by atoms with van der Waals surface area (Å²) in [5, 5.41) is 5.13. The normalized spacial score (nSPS) is 11.2. The third kappa shape index (κ3) is 2.38. The Kier molecular flexibility index (Phi) is 3.59. The van der Waals surface area contributed by atoms with Gasteiger partial charge in [0.15, 0.2) is 0 Å². The summed E-state index contributed by atoms with van der Waals surface area (Å²) in [5.74, 6) is -0.0494. The number of hydrogen-bond donors (Lipinski definition) is 0. The molecule has 2 heterocycles. The Morgan fingerprint density at radius 3 is 2.81 bits per heavy atom. The molecule has 0 radical (unpaired) electrons. The van der Waals surface area contributed by atoms with Crippen LogP contribution in [-0.4, -0.2) is 20.5 Å². The van der Waals surface area contributed by atoms with Crippen LogP contribution in [0.4, 0.5) is 0 Å². The summed E-state index contributed by atoms with van der Waals surface area (Å²) in [6.45, 7) is 4.00. The number of rotatable bonds is 3. The Bertz CT molecular complexity index is 818. The van der Waals surface area contributed by atoms with Crippen LogP contribution in [0.1, 0.15) is 35.9 Å². The molecule has 21 heavy (non-hydrogen) atoms. The first-order chi connectivity index (χ1) is 10.1. The molecular formula is C16H14BrN3O. The maximum absolute atomic E-state index is 12.9. The molecule has 0 saturated heterocycles. The Balaban J connectivity index is 2.20. The maximum atomic E-state index is 12.9. The van der Waals surface area contributed by atoms with Crippen LogP contribution in [0.25, 0.3) is 10.9 Å². The minimum atomic E-state index is -0.0494. The summed E-state index contributed by atoms with van der Waals surface area (Å²) in [5.41, 5.74) is 2.03. The summed E-state index contributed by atoms with van der Waals surface area (Å²) in [6.07, 6.45) is 3.39. The molecule has 0 aliphatic rings. The van der Waals surface area contributed by atoms with Gasteiger partial charge in [-0.1, -0.05) is 18.2 Å². The molecule has 106 valence electrons. The van der Waals surface area contributed by atoms with Gasteiger partial charge in [0.25, 0.3) is 0 Å². The van der Waals surface area contributed by atoms with Gasteiger partial charge >= 0.3 is 0 Å². The third-order valence-electron chi connectivity index (χ3n) is 3.35. The van der Waals surface area contributed by atoms with E-state index in [0.717, 1.165) is 10.9 Å². The molecule has 0 fully saturated rings. The Morgan fingerprint density at radius 2 is 2.05 bits per heavy atom. The summed E-state index contributed by atoms with van der Waals surface area (Å²) in [4.78, 5) is 17.2. The lowest BCUT2D eigenvalue weighted by atomic mass is 10.0.